The minimum Gasteiger partial charge on any atom is -0.456 e. The first kappa shape index (κ1) is 17.8. The zero-order chi connectivity index (χ0) is 17.2. The molecule has 2 rings (SSSR count). The summed E-state index contributed by atoms with van der Waals surface area (Å²) in [7, 11) is -2.11. The molecular formula is C14H12Cl2NO5P. The van der Waals surface area contributed by atoms with Crippen molar-refractivity contribution < 1.29 is 18.7 Å². The molecule has 0 N–H and O–H groups in total. The van der Waals surface area contributed by atoms with Crippen LogP contribution in [-0.2, 0) is 9.09 Å². The summed E-state index contributed by atoms with van der Waals surface area (Å²) in [6.45, 7) is 1.30. The predicted octanol–water partition coefficient (Wildman–Crippen LogP) is 4.87. The normalized spacial score (nSPS) is 13.4. The van der Waals surface area contributed by atoms with Crippen LogP contribution in [0.2, 0.25) is 10.0 Å². The number of ether oxygens (including phenoxy) is 1. The fourth-order valence-electron chi connectivity index (χ4n) is 1.83. The van der Waals surface area contributed by atoms with Gasteiger partial charge in [-0.3, -0.25) is 14.7 Å². The van der Waals surface area contributed by atoms with E-state index in [-0.39, 0.29) is 21.8 Å². The molecule has 9 heteroatoms. The molecule has 0 radical (unpaired) electrons. The lowest BCUT2D eigenvalue weighted by atomic mass is 10.3. The molecule has 0 fully saturated rings. The highest BCUT2D eigenvalue weighted by Gasteiger charge is 2.28. The largest absolute Gasteiger partial charge is 0.456 e. The van der Waals surface area contributed by atoms with Gasteiger partial charge in [-0.05, 0) is 24.3 Å². The number of hydrogen-bond donors (Lipinski definition) is 0. The van der Waals surface area contributed by atoms with Crippen LogP contribution in [0.5, 0.6) is 11.5 Å². The molecule has 0 heterocycles. The van der Waals surface area contributed by atoms with Crippen molar-refractivity contribution in [2.45, 2.75) is 0 Å². The molecule has 6 nitrogen and oxygen atoms in total. The Bertz CT molecular complexity index is 812. The first-order valence-corrected chi connectivity index (χ1v) is 9.12. The van der Waals surface area contributed by atoms with Gasteiger partial charge >= 0.3 is 0 Å². The quantitative estimate of drug-likeness (QED) is 0.423. The van der Waals surface area contributed by atoms with E-state index in [1.165, 1.54) is 38.0 Å². The number of hydrogen-bond acceptors (Lipinski definition) is 5. The van der Waals surface area contributed by atoms with Crippen molar-refractivity contribution in [1.82, 2.24) is 0 Å². The van der Waals surface area contributed by atoms with E-state index in [2.05, 4.69) is 0 Å². The van der Waals surface area contributed by atoms with Crippen LogP contribution in [0.15, 0.2) is 36.4 Å². The Kier molecular flexibility index (Phi) is 5.32. The van der Waals surface area contributed by atoms with Crippen molar-refractivity contribution in [3.05, 3.63) is 56.6 Å². The Morgan fingerprint density at radius 1 is 1.17 bits per heavy atom. The van der Waals surface area contributed by atoms with Crippen LogP contribution in [0, 0.1) is 10.1 Å². The van der Waals surface area contributed by atoms with E-state index >= 15 is 0 Å². The SMILES string of the molecule is COP(C)(=O)c1cc(Oc2ccc(Cl)cc2Cl)ccc1[N+](=O)[O-]. The highest BCUT2D eigenvalue weighted by molar-refractivity contribution is 7.66. The van der Waals surface area contributed by atoms with Gasteiger partial charge in [0.05, 0.1) is 9.95 Å². The van der Waals surface area contributed by atoms with E-state index in [0.717, 1.165) is 0 Å². The number of halogens is 2. The summed E-state index contributed by atoms with van der Waals surface area (Å²) in [6, 6.07) is 8.58. The molecule has 0 aliphatic rings. The van der Waals surface area contributed by atoms with E-state index in [0.29, 0.717) is 10.8 Å². The zero-order valence-corrected chi connectivity index (χ0v) is 14.6. The van der Waals surface area contributed by atoms with Gasteiger partial charge in [0.2, 0.25) is 7.37 Å². The van der Waals surface area contributed by atoms with Gasteiger partial charge in [0.25, 0.3) is 5.69 Å². The smallest absolute Gasteiger partial charge is 0.282 e. The third-order valence-corrected chi connectivity index (χ3v) is 5.51. The van der Waals surface area contributed by atoms with Crippen molar-refractivity contribution in [1.29, 1.82) is 0 Å². The second-order valence-corrected chi connectivity index (χ2v) is 8.00. The highest BCUT2D eigenvalue weighted by atomic mass is 35.5. The molecule has 1 atom stereocenters. The van der Waals surface area contributed by atoms with E-state index in [4.69, 9.17) is 32.5 Å². The van der Waals surface area contributed by atoms with Crippen LogP contribution in [0.3, 0.4) is 0 Å². The lowest BCUT2D eigenvalue weighted by Crippen LogP contribution is -2.11. The Labute approximate surface area is 142 Å². The first-order valence-electron chi connectivity index (χ1n) is 6.30. The Morgan fingerprint density at radius 3 is 2.43 bits per heavy atom. The van der Waals surface area contributed by atoms with Crippen LogP contribution >= 0.6 is 30.6 Å². The van der Waals surface area contributed by atoms with Crippen LogP contribution < -0.4 is 10.0 Å². The number of nitrogens with zero attached hydrogens (tertiary/aromatic N) is 1. The number of nitro benzene ring substituents is 1. The minimum absolute atomic E-state index is 0.0346. The molecule has 0 aromatic heterocycles. The Hall–Kier alpha value is -1.59. The maximum Gasteiger partial charge on any atom is 0.282 e. The lowest BCUT2D eigenvalue weighted by molar-refractivity contribution is -0.383. The zero-order valence-electron chi connectivity index (χ0n) is 12.2. The number of nitro groups is 1. The van der Waals surface area contributed by atoms with Gasteiger partial charge in [-0.25, -0.2) is 0 Å². The fourth-order valence-corrected chi connectivity index (χ4v) is 3.41. The molecule has 2 aromatic rings. The van der Waals surface area contributed by atoms with E-state index < -0.39 is 12.3 Å². The van der Waals surface area contributed by atoms with E-state index in [1.54, 1.807) is 12.1 Å². The summed E-state index contributed by atoms with van der Waals surface area (Å²) in [5, 5.41) is 11.8. The standard InChI is InChI=1S/C14H12Cl2NO5P/c1-21-23(2,20)14-8-10(4-5-12(14)17(18)19)22-13-6-3-9(15)7-11(13)16/h3-8H,1-2H3. The Balaban J connectivity index is 2.47. The van der Waals surface area contributed by atoms with Crippen LogP contribution in [0.25, 0.3) is 0 Å². The molecule has 0 bridgehead atoms. The van der Waals surface area contributed by atoms with Gasteiger partial charge in [-0.15, -0.1) is 0 Å². The second kappa shape index (κ2) is 6.89. The van der Waals surface area contributed by atoms with Crippen molar-refractivity contribution in [2.24, 2.45) is 0 Å². The molecule has 0 spiro atoms. The first-order chi connectivity index (χ1) is 10.7. The van der Waals surface area contributed by atoms with Crippen molar-refractivity contribution >= 4 is 41.6 Å². The summed E-state index contributed by atoms with van der Waals surface area (Å²) in [6.07, 6.45) is 0. The van der Waals surface area contributed by atoms with Gasteiger partial charge in [0.15, 0.2) is 0 Å². The number of benzene rings is 2. The molecule has 0 saturated carbocycles. The van der Waals surface area contributed by atoms with Gasteiger partial charge in [-0.1, -0.05) is 23.2 Å². The third kappa shape index (κ3) is 4.03. The maximum absolute atomic E-state index is 12.4. The summed E-state index contributed by atoms with van der Waals surface area (Å²) >= 11 is 11.8. The van der Waals surface area contributed by atoms with Gasteiger partial charge < -0.3 is 9.26 Å². The van der Waals surface area contributed by atoms with Crippen molar-refractivity contribution in [2.75, 3.05) is 13.8 Å². The van der Waals surface area contributed by atoms with Gasteiger partial charge in [0, 0.05) is 30.9 Å². The average molecular weight is 376 g/mol. The summed E-state index contributed by atoms with van der Waals surface area (Å²) < 4.78 is 22.9. The maximum atomic E-state index is 12.4. The monoisotopic (exact) mass is 375 g/mol. The van der Waals surface area contributed by atoms with Gasteiger partial charge in [-0.2, -0.15) is 0 Å². The van der Waals surface area contributed by atoms with E-state index in [1.807, 2.05) is 0 Å². The molecule has 0 aliphatic heterocycles. The van der Waals surface area contributed by atoms with E-state index in [9.17, 15) is 14.7 Å². The van der Waals surface area contributed by atoms with Crippen LogP contribution in [0.1, 0.15) is 0 Å². The second-order valence-electron chi connectivity index (χ2n) is 4.61. The molecule has 2 aromatic carbocycles. The Morgan fingerprint density at radius 2 is 1.87 bits per heavy atom. The third-order valence-electron chi connectivity index (χ3n) is 3.05. The molecule has 0 saturated heterocycles. The topological polar surface area (TPSA) is 78.7 Å². The minimum atomic E-state index is -3.34. The molecule has 0 aliphatic carbocycles. The summed E-state index contributed by atoms with van der Waals surface area (Å²) in [4.78, 5) is 10.5. The van der Waals surface area contributed by atoms with Gasteiger partial charge in [0.1, 0.15) is 16.8 Å². The van der Waals surface area contributed by atoms with Crippen molar-refractivity contribution in [3.8, 4) is 11.5 Å². The molecule has 1 unspecified atom stereocenters. The van der Waals surface area contributed by atoms with Crippen molar-refractivity contribution in [3.63, 3.8) is 0 Å². The summed E-state index contributed by atoms with van der Waals surface area (Å²) in [5.41, 5.74) is -0.299. The molecule has 0 amide bonds. The molecule has 23 heavy (non-hydrogen) atoms. The van der Waals surface area contributed by atoms with Crippen LogP contribution in [-0.4, -0.2) is 18.7 Å². The number of rotatable bonds is 5. The molecule has 122 valence electrons. The highest BCUT2D eigenvalue weighted by Crippen LogP contribution is 2.44. The summed E-state index contributed by atoms with van der Waals surface area (Å²) in [5.74, 6) is 0.563. The predicted molar refractivity (Wildman–Crippen MR) is 89.8 cm³/mol. The fraction of sp³-hybridized carbons (Fsp3) is 0.143. The molecular weight excluding hydrogens is 364 g/mol. The van der Waals surface area contributed by atoms with Crippen LogP contribution in [0.4, 0.5) is 5.69 Å². The lowest BCUT2D eigenvalue weighted by Gasteiger charge is -2.13. The average Bonchev–Trinajstić information content (AvgIpc) is 2.49.